The molecule has 0 aliphatic carbocycles. The fourth-order valence-electron chi connectivity index (χ4n) is 3.53. The number of aromatic amines is 1. The molecule has 0 spiro atoms. The number of esters is 1. The van der Waals surface area contributed by atoms with E-state index < -0.39 is 29.2 Å². The molecule has 182 valence electrons. The molecule has 1 aromatic carbocycles. The van der Waals surface area contributed by atoms with Gasteiger partial charge in [-0.25, -0.2) is 14.6 Å². The van der Waals surface area contributed by atoms with Gasteiger partial charge in [0.1, 0.15) is 18.5 Å². The van der Waals surface area contributed by atoms with Crippen molar-refractivity contribution in [2.24, 2.45) is 13.0 Å². The Labute approximate surface area is 200 Å². The van der Waals surface area contributed by atoms with E-state index >= 15 is 0 Å². The van der Waals surface area contributed by atoms with Gasteiger partial charge in [-0.15, -0.1) is 0 Å². The zero-order valence-corrected chi connectivity index (χ0v) is 20.3. The number of carbonyl (C=O) groups is 2. The minimum atomic E-state index is -0.926. The molecule has 0 aliphatic heterocycles. The average Bonchev–Trinajstić information content (AvgIpc) is 3.12. The van der Waals surface area contributed by atoms with Crippen molar-refractivity contribution in [3.8, 4) is 0 Å². The van der Waals surface area contributed by atoms with Crippen LogP contribution in [-0.2, 0) is 29.7 Å². The number of aryl methyl sites for hydroxylation is 2. The van der Waals surface area contributed by atoms with Crippen LogP contribution >= 0.6 is 11.6 Å². The number of unbranched alkanes of at least 4 members (excludes halogenated alkanes) is 1. The molecule has 2 N–H and O–H groups in total. The van der Waals surface area contributed by atoms with Crippen LogP contribution in [0.25, 0.3) is 11.2 Å². The highest BCUT2D eigenvalue weighted by Gasteiger charge is 2.27. The Hall–Kier alpha value is -3.40. The summed E-state index contributed by atoms with van der Waals surface area (Å²) in [6.07, 6.45) is 1.60. The van der Waals surface area contributed by atoms with Crippen LogP contribution in [0.5, 0.6) is 0 Å². The van der Waals surface area contributed by atoms with Crippen molar-refractivity contribution in [2.45, 2.75) is 52.8 Å². The second kappa shape index (κ2) is 10.7. The second-order valence-corrected chi connectivity index (χ2v) is 8.71. The number of benzene rings is 1. The van der Waals surface area contributed by atoms with Crippen molar-refractivity contribution in [2.75, 3.05) is 0 Å². The van der Waals surface area contributed by atoms with Crippen LogP contribution in [0.1, 0.15) is 49.8 Å². The molecule has 10 nitrogen and oxygen atoms in total. The smallest absolute Gasteiger partial charge is 0.330 e. The van der Waals surface area contributed by atoms with Gasteiger partial charge in [-0.05, 0) is 24.5 Å². The molecule has 2 aromatic heterocycles. The zero-order valence-electron chi connectivity index (χ0n) is 19.6. The molecular formula is C23H28ClN5O5. The van der Waals surface area contributed by atoms with Gasteiger partial charge in [0.25, 0.3) is 11.5 Å². The quantitative estimate of drug-likeness (QED) is 0.444. The number of fused-ring (bicyclic) bond motifs is 1. The van der Waals surface area contributed by atoms with E-state index in [1.54, 1.807) is 45.2 Å². The number of halogens is 1. The molecule has 1 atom stereocenters. The zero-order chi connectivity index (χ0) is 25.0. The Bertz CT molecular complexity index is 1320. The third kappa shape index (κ3) is 5.22. The summed E-state index contributed by atoms with van der Waals surface area (Å²) in [5.41, 5.74) is -0.387. The van der Waals surface area contributed by atoms with E-state index in [4.69, 9.17) is 16.3 Å². The summed E-state index contributed by atoms with van der Waals surface area (Å²) >= 11 is 6.09. The van der Waals surface area contributed by atoms with Gasteiger partial charge in [-0.2, -0.15) is 0 Å². The van der Waals surface area contributed by atoms with Gasteiger partial charge in [0.15, 0.2) is 11.2 Å². The highest BCUT2D eigenvalue weighted by molar-refractivity contribution is 6.33. The Morgan fingerprint density at radius 2 is 1.94 bits per heavy atom. The molecular weight excluding hydrogens is 462 g/mol. The van der Waals surface area contributed by atoms with E-state index in [0.717, 1.165) is 12.8 Å². The van der Waals surface area contributed by atoms with Gasteiger partial charge < -0.3 is 14.6 Å². The van der Waals surface area contributed by atoms with E-state index in [0.29, 0.717) is 12.4 Å². The Kier molecular flexibility index (Phi) is 7.93. The maximum absolute atomic E-state index is 12.8. The first-order valence-electron chi connectivity index (χ1n) is 11.1. The number of carbonyl (C=O) groups excluding carboxylic acids is 2. The molecule has 0 saturated heterocycles. The molecule has 11 heteroatoms. The first-order valence-corrected chi connectivity index (χ1v) is 11.4. The summed E-state index contributed by atoms with van der Waals surface area (Å²) in [5, 5.41) is 2.95. The number of ether oxygens (including phenoxy) is 1. The van der Waals surface area contributed by atoms with Gasteiger partial charge in [-0.3, -0.25) is 19.1 Å². The number of hydrogen-bond acceptors (Lipinski definition) is 6. The summed E-state index contributed by atoms with van der Waals surface area (Å²) in [5.74, 6) is -1.11. The van der Waals surface area contributed by atoms with Gasteiger partial charge in [-0.1, -0.05) is 50.9 Å². The van der Waals surface area contributed by atoms with Crippen molar-refractivity contribution < 1.29 is 14.3 Å². The summed E-state index contributed by atoms with van der Waals surface area (Å²) < 4.78 is 8.36. The lowest BCUT2D eigenvalue weighted by molar-refractivity contribution is -0.148. The van der Waals surface area contributed by atoms with Gasteiger partial charge in [0, 0.05) is 13.6 Å². The lowest BCUT2D eigenvalue weighted by Gasteiger charge is -2.21. The van der Waals surface area contributed by atoms with Crippen LogP contribution in [-0.4, -0.2) is 37.0 Å². The fraction of sp³-hybridized carbons (Fsp3) is 0.435. The second-order valence-electron chi connectivity index (χ2n) is 8.31. The molecule has 0 bridgehead atoms. The van der Waals surface area contributed by atoms with E-state index in [2.05, 4.69) is 15.3 Å². The van der Waals surface area contributed by atoms with Crippen molar-refractivity contribution in [1.29, 1.82) is 0 Å². The van der Waals surface area contributed by atoms with E-state index in [-0.39, 0.29) is 34.3 Å². The topological polar surface area (TPSA) is 128 Å². The highest BCUT2D eigenvalue weighted by atomic mass is 35.5. The highest BCUT2D eigenvalue weighted by Crippen LogP contribution is 2.16. The summed E-state index contributed by atoms with van der Waals surface area (Å²) in [7, 11) is 1.61. The van der Waals surface area contributed by atoms with Crippen molar-refractivity contribution in [1.82, 2.24) is 24.4 Å². The molecule has 34 heavy (non-hydrogen) atoms. The largest absolute Gasteiger partial charge is 0.456 e. The van der Waals surface area contributed by atoms with Crippen molar-refractivity contribution >= 4 is 34.6 Å². The Morgan fingerprint density at radius 3 is 2.59 bits per heavy atom. The number of aromatic nitrogens is 4. The van der Waals surface area contributed by atoms with Crippen LogP contribution in [0.4, 0.5) is 0 Å². The Balaban J connectivity index is 1.81. The first-order chi connectivity index (χ1) is 16.1. The van der Waals surface area contributed by atoms with Gasteiger partial charge in [0.2, 0.25) is 0 Å². The maximum Gasteiger partial charge on any atom is 0.330 e. The molecule has 3 aromatic rings. The van der Waals surface area contributed by atoms with E-state index in [9.17, 15) is 19.2 Å². The average molecular weight is 490 g/mol. The molecule has 2 heterocycles. The fourth-order valence-corrected chi connectivity index (χ4v) is 3.75. The first kappa shape index (κ1) is 25.2. The molecule has 0 fully saturated rings. The van der Waals surface area contributed by atoms with E-state index in [1.165, 1.54) is 9.13 Å². The standard InChI is InChI=1S/C23H28ClN5O5/c1-5-6-11-29-19-18(21(31)27-23(29)33)28(4)16(25-19)12-34-22(32)17(13(2)3)26-20(30)14-9-7-8-10-15(14)24/h7-10,13,17H,5-6,11-12H2,1-4H3,(H,26,30)(H,27,31,33)/t17-/m0/s1. The predicted octanol–water partition coefficient (Wildman–Crippen LogP) is 2.37. The van der Waals surface area contributed by atoms with Crippen LogP contribution in [0, 0.1) is 5.92 Å². The minimum Gasteiger partial charge on any atom is -0.456 e. The van der Waals surface area contributed by atoms with Gasteiger partial charge in [0.05, 0.1) is 10.6 Å². The van der Waals surface area contributed by atoms with Crippen molar-refractivity contribution in [3.05, 3.63) is 61.5 Å². The number of amides is 1. The maximum atomic E-state index is 12.8. The van der Waals surface area contributed by atoms with Gasteiger partial charge >= 0.3 is 11.7 Å². The normalized spacial score (nSPS) is 12.2. The van der Waals surface area contributed by atoms with Crippen molar-refractivity contribution in [3.63, 3.8) is 0 Å². The molecule has 0 radical (unpaired) electrons. The third-order valence-electron chi connectivity index (χ3n) is 5.51. The number of imidazole rings is 1. The predicted molar refractivity (Wildman–Crippen MR) is 128 cm³/mol. The number of rotatable bonds is 9. The lowest BCUT2D eigenvalue weighted by atomic mass is 10.0. The summed E-state index contributed by atoms with van der Waals surface area (Å²) in [4.78, 5) is 56.8. The SMILES string of the molecule is CCCCn1c(=O)[nH]c(=O)c2c1nc(COC(=O)[C@@H](NC(=O)c1ccccc1Cl)C(C)C)n2C. The molecule has 0 aliphatic rings. The number of H-pyrrole nitrogens is 1. The molecule has 1 amide bonds. The molecule has 0 saturated carbocycles. The van der Waals surface area contributed by atoms with E-state index in [1.807, 2.05) is 6.92 Å². The number of nitrogens with zero attached hydrogens (tertiary/aromatic N) is 3. The third-order valence-corrected chi connectivity index (χ3v) is 5.84. The Morgan fingerprint density at radius 1 is 1.24 bits per heavy atom. The lowest BCUT2D eigenvalue weighted by Crippen LogP contribution is -2.45. The minimum absolute atomic E-state index is 0.217. The molecule has 0 unspecified atom stereocenters. The van der Waals surface area contributed by atoms with Crippen LogP contribution in [0.3, 0.4) is 0 Å². The monoisotopic (exact) mass is 489 g/mol. The molecule has 3 rings (SSSR count). The summed E-state index contributed by atoms with van der Waals surface area (Å²) in [6, 6.07) is 5.61. The summed E-state index contributed by atoms with van der Waals surface area (Å²) in [6.45, 7) is 5.71. The number of hydrogen-bond donors (Lipinski definition) is 2. The van der Waals surface area contributed by atoms with Crippen LogP contribution < -0.4 is 16.6 Å². The van der Waals surface area contributed by atoms with Crippen LogP contribution in [0.2, 0.25) is 5.02 Å². The number of nitrogens with one attached hydrogen (secondary N) is 2. The van der Waals surface area contributed by atoms with Crippen LogP contribution in [0.15, 0.2) is 33.9 Å².